The number of benzene rings is 1. The molecule has 7 atom stereocenters. The Morgan fingerprint density at radius 1 is 1.10 bits per heavy atom. The van der Waals surface area contributed by atoms with Gasteiger partial charge in [0.05, 0.1) is 17.8 Å². The van der Waals surface area contributed by atoms with Crippen LogP contribution in [0, 0.1) is 23.7 Å². The molecule has 2 bridgehead atoms. The quantitative estimate of drug-likeness (QED) is 0.612. The fraction of sp³-hybridized carbons (Fsp3) is 0.588. The van der Waals surface area contributed by atoms with Gasteiger partial charge in [0.1, 0.15) is 6.10 Å². The number of carbonyl (C=O) groups excluding carboxylic acids is 1. The third-order valence-corrected chi connectivity index (χ3v) is 5.95. The summed E-state index contributed by atoms with van der Waals surface area (Å²) in [6.45, 7) is 0. The first-order valence-corrected chi connectivity index (χ1v) is 7.73. The molecule has 104 valence electrons. The van der Waals surface area contributed by atoms with Crippen LogP contribution < -0.4 is 0 Å². The van der Waals surface area contributed by atoms with Crippen molar-refractivity contribution in [3.8, 4) is 0 Å². The lowest BCUT2D eigenvalue weighted by atomic mass is 9.79. The van der Waals surface area contributed by atoms with Crippen molar-refractivity contribution in [2.45, 2.75) is 37.6 Å². The summed E-state index contributed by atoms with van der Waals surface area (Å²) in [5.74, 6) is 2.70. The van der Waals surface area contributed by atoms with E-state index in [1.54, 1.807) is 0 Å². The van der Waals surface area contributed by atoms with E-state index in [4.69, 9.17) is 9.47 Å². The highest BCUT2D eigenvalue weighted by Crippen LogP contribution is 2.64. The Kier molecular flexibility index (Phi) is 2.18. The van der Waals surface area contributed by atoms with E-state index in [-0.39, 0.29) is 12.1 Å². The highest BCUT2D eigenvalue weighted by Gasteiger charge is 2.67. The van der Waals surface area contributed by atoms with Gasteiger partial charge in [-0.3, -0.25) is 0 Å². The summed E-state index contributed by atoms with van der Waals surface area (Å²) in [4.78, 5) is 12.2. The summed E-state index contributed by atoms with van der Waals surface area (Å²) >= 11 is 0. The minimum atomic E-state index is -0.154. The van der Waals surface area contributed by atoms with Crippen LogP contribution in [0.25, 0.3) is 0 Å². The molecule has 5 rings (SSSR count). The Hall–Kier alpha value is -1.35. The number of fused-ring (bicyclic) bond motifs is 7. The van der Waals surface area contributed by atoms with E-state index in [0.717, 1.165) is 24.2 Å². The number of ether oxygens (including phenoxy) is 2. The van der Waals surface area contributed by atoms with Crippen molar-refractivity contribution in [1.82, 2.24) is 0 Å². The van der Waals surface area contributed by atoms with E-state index < -0.39 is 0 Å². The third-order valence-electron chi connectivity index (χ3n) is 5.95. The van der Waals surface area contributed by atoms with Crippen molar-refractivity contribution in [2.75, 3.05) is 0 Å². The second-order valence-electron chi connectivity index (χ2n) is 6.82. The molecule has 3 saturated carbocycles. The van der Waals surface area contributed by atoms with Gasteiger partial charge in [0.2, 0.25) is 0 Å². The average molecular weight is 270 g/mol. The van der Waals surface area contributed by atoms with E-state index in [1.807, 2.05) is 30.3 Å². The molecule has 4 aliphatic rings. The monoisotopic (exact) mass is 270 g/mol. The molecule has 1 aromatic rings. The number of esters is 1. The molecule has 20 heavy (non-hydrogen) atoms. The van der Waals surface area contributed by atoms with Gasteiger partial charge >= 0.3 is 5.97 Å². The predicted molar refractivity (Wildman–Crippen MR) is 72.1 cm³/mol. The lowest BCUT2D eigenvalue weighted by molar-refractivity contribution is -0.00658. The molecule has 1 aromatic carbocycles. The zero-order chi connectivity index (χ0) is 13.3. The molecule has 7 unspecified atom stereocenters. The molecule has 3 heteroatoms. The van der Waals surface area contributed by atoms with Crippen LogP contribution in [-0.2, 0) is 9.47 Å². The highest BCUT2D eigenvalue weighted by atomic mass is 16.6. The topological polar surface area (TPSA) is 38.8 Å². The molecule has 0 spiro atoms. The predicted octanol–water partition coefficient (Wildman–Crippen LogP) is 2.66. The van der Waals surface area contributed by atoms with Crippen LogP contribution in [-0.4, -0.2) is 24.3 Å². The van der Waals surface area contributed by atoms with Gasteiger partial charge in [-0.25, -0.2) is 4.79 Å². The van der Waals surface area contributed by atoms with Crippen molar-refractivity contribution in [3.63, 3.8) is 0 Å². The van der Waals surface area contributed by atoms with Crippen molar-refractivity contribution in [2.24, 2.45) is 23.7 Å². The van der Waals surface area contributed by atoms with Gasteiger partial charge < -0.3 is 9.47 Å². The molecule has 0 aromatic heterocycles. The van der Waals surface area contributed by atoms with E-state index in [9.17, 15) is 4.79 Å². The normalized spacial score (nSPS) is 46.9. The summed E-state index contributed by atoms with van der Waals surface area (Å²) in [6.07, 6.45) is 4.74. The second-order valence-corrected chi connectivity index (χ2v) is 6.82. The Balaban J connectivity index is 1.31. The first-order valence-electron chi connectivity index (χ1n) is 7.73. The second kappa shape index (κ2) is 3.85. The van der Waals surface area contributed by atoms with Gasteiger partial charge in [0, 0.05) is 0 Å². The maximum Gasteiger partial charge on any atom is 0.338 e. The number of carbonyl (C=O) groups is 1. The van der Waals surface area contributed by atoms with Crippen LogP contribution >= 0.6 is 0 Å². The molecule has 1 aliphatic heterocycles. The molecule has 3 nitrogen and oxygen atoms in total. The van der Waals surface area contributed by atoms with Crippen molar-refractivity contribution < 1.29 is 14.3 Å². The number of epoxide rings is 1. The lowest BCUT2D eigenvalue weighted by Crippen LogP contribution is -2.34. The fourth-order valence-electron chi connectivity index (χ4n) is 5.18. The molecule has 1 saturated heterocycles. The molecule has 1 heterocycles. The Morgan fingerprint density at radius 2 is 1.95 bits per heavy atom. The summed E-state index contributed by atoms with van der Waals surface area (Å²) in [5.41, 5.74) is 0.671. The summed E-state index contributed by atoms with van der Waals surface area (Å²) < 4.78 is 11.5. The van der Waals surface area contributed by atoms with Crippen molar-refractivity contribution in [3.05, 3.63) is 35.9 Å². The Labute approximate surface area is 118 Å². The minimum Gasteiger partial charge on any atom is -0.458 e. The highest BCUT2D eigenvalue weighted by molar-refractivity contribution is 5.89. The van der Waals surface area contributed by atoms with Gasteiger partial charge in [-0.1, -0.05) is 18.2 Å². The largest absolute Gasteiger partial charge is 0.458 e. The number of rotatable bonds is 2. The Morgan fingerprint density at radius 3 is 2.80 bits per heavy atom. The molecule has 3 aliphatic carbocycles. The molecular formula is C17H18O3. The summed E-state index contributed by atoms with van der Waals surface area (Å²) in [5, 5.41) is 0. The molecule has 0 radical (unpaired) electrons. The van der Waals surface area contributed by atoms with Crippen LogP contribution in [0.4, 0.5) is 0 Å². The first-order chi connectivity index (χ1) is 9.81. The molecule has 0 N–H and O–H groups in total. The van der Waals surface area contributed by atoms with Crippen LogP contribution in [0.3, 0.4) is 0 Å². The average Bonchev–Trinajstić information content (AvgIpc) is 2.86. The smallest absolute Gasteiger partial charge is 0.338 e. The third kappa shape index (κ3) is 1.47. The van der Waals surface area contributed by atoms with Gasteiger partial charge in [0.25, 0.3) is 0 Å². The maximum absolute atomic E-state index is 12.2. The minimum absolute atomic E-state index is 0.145. The van der Waals surface area contributed by atoms with E-state index in [1.165, 1.54) is 12.8 Å². The number of hydrogen-bond donors (Lipinski definition) is 0. The summed E-state index contributed by atoms with van der Waals surface area (Å²) in [7, 11) is 0. The first kappa shape index (κ1) is 11.3. The van der Waals surface area contributed by atoms with E-state index in [2.05, 4.69) is 0 Å². The van der Waals surface area contributed by atoms with Crippen molar-refractivity contribution >= 4 is 5.97 Å². The Bertz CT molecular complexity index is 555. The van der Waals surface area contributed by atoms with Gasteiger partial charge in [-0.15, -0.1) is 0 Å². The van der Waals surface area contributed by atoms with E-state index >= 15 is 0 Å². The van der Waals surface area contributed by atoms with Gasteiger partial charge in [0.15, 0.2) is 0 Å². The van der Waals surface area contributed by atoms with Gasteiger partial charge in [-0.05, 0) is 55.1 Å². The maximum atomic E-state index is 12.2. The molecule has 4 fully saturated rings. The van der Waals surface area contributed by atoms with Gasteiger partial charge in [-0.2, -0.15) is 0 Å². The van der Waals surface area contributed by atoms with Crippen LogP contribution in [0.2, 0.25) is 0 Å². The van der Waals surface area contributed by atoms with Crippen LogP contribution in [0.1, 0.15) is 29.6 Å². The molecule has 0 amide bonds. The zero-order valence-electron chi connectivity index (χ0n) is 11.3. The van der Waals surface area contributed by atoms with Crippen molar-refractivity contribution in [1.29, 1.82) is 0 Å². The lowest BCUT2D eigenvalue weighted by Gasteiger charge is -2.32. The summed E-state index contributed by atoms with van der Waals surface area (Å²) in [6, 6.07) is 9.35. The molecular weight excluding hydrogens is 252 g/mol. The number of hydrogen-bond acceptors (Lipinski definition) is 3. The van der Waals surface area contributed by atoms with E-state index in [0.29, 0.717) is 23.7 Å². The fourth-order valence-corrected chi connectivity index (χ4v) is 5.18. The standard InChI is InChI=1S/C17H18O3/c18-17(9-4-2-1-3-5-9)20-13-7-10-6-11(13)12-8-14-16(19-14)15(10)12/h1-5,10-16H,6-8H2. The SMILES string of the molecule is O=C(OC1CC2CC1C1CC3OC3C21)c1ccccc1. The van der Waals surface area contributed by atoms with Crippen LogP contribution in [0.15, 0.2) is 30.3 Å². The van der Waals surface area contributed by atoms with Crippen LogP contribution in [0.5, 0.6) is 0 Å². The zero-order valence-corrected chi connectivity index (χ0v) is 11.3.